The van der Waals surface area contributed by atoms with Crippen molar-refractivity contribution in [1.29, 1.82) is 0 Å². The van der Waals surface area contributed by atoms with Gasteiger partial charge in [-0.05, 0) is 42.3 Å². The molecule has 0 bridgehead atoms. The number of halogens is 1. The van der Waals surface area contributed by atoms with Gasteiger partial charge in [-0.3, -0.25) is 0 Å². The Labute approximate surface area is 152 Å². The minimum absolute atomic E-state index is 0.0548. The predicted octanol–water partition coefficient (Wildman–Crippen LogP) is 3.34. The summed E-state index contributed by atoms with van der Waals surface area (Å²) in [7, 11) is 0. The molecule has 26 heavy (non-hydrogen) atoms. The molecule has 1 heterocycles. The van der Waals surface area contributed by atoms with Crippen molar-refractivity contribution in [2.75, 3.05) is 36.5 Å². The lowest BCUT2D eigenvalue weighted by Gasteiger charge is -2.29. The van der Waals surface area contributed by atoms with Crippen LogP contribution in [0.2, 0.25) is 0 Å². The third kappa shape index (κ3) is 3.96. The zero-order valence-corrected chi connectivity index (χ0v) is 14.5. The van der Waals surface area contributed by atoms with Gasteiger partial charge < -0.3 is 20.3 Å². The number of hydrogen-bond acceptors (Lipinski definition) is 3. The van der Waals surface area contributed by atoms with E-state index in [9.17, 15) is 9.18 Å². The van der Waals surface area contributed by atoms with Crippen molar-refractivity contribution in [3.8, 4) is 0 Å². The number of urea groups is 1. The van der Waals surface area contributed by atoms with Crippen LogP contribution in [0.25, 0.3) is 0 Å². The number of nitrogens with zero attached hydrogens (tertiary/aromatic N) is 1. The fourth-order valence-corrected chi connectivity index (χ4v) is 3.40. The second-order valence-corrected chi connectivity index (χ2v) is 6.75. The van der Waals surface area contributed by atoms with Crippen LogP contribution in [-0.2, 0) is 4.74 Å². The SMILES string of the molecule is O=C(Nc1cccc(N2CCOCC2)c1)N[C@H]1C[C@H]1c1cccc(F)c1. The quantitative estimate of drug-likeness (QED) is 0.884. The Morgan fingerprint density at radius 3 is 2.73 bits per heavy atom. The number of carbonyl (C=O) groups excluding carboxylic acids is 1. The average molecular weight is 355 g/mol. The van der Waals surface area contributed by atoms with Gasteiger partial charge in [-0.1, -0.05) is 18.2 Å². The molecule has 136 valence electrons. The Morgan fingerprint density at radius 1 is 1.12 bits per heavy atom. The summed E-state index contributed by atoms with van der Waals surface area (Å²) in [4.78, 5) is 14.5. The molecule has 2 fully saturated rings. The predicted molar refractivity (Wildman–Crippen MR) is 99.2 cm³/mol. The molecule has 0 unspecified atom stereocenters. The molecule has 4 rings (SSSR count). The summed E-state index contributed by atoms with van der Waals surface area (Å²) in [6.07, 6.45) is 0.838. The summed E-state index contributed by atoms with van der Waals surface area (Å²) < 4.78 is 18.7. The van der Waals surface area contributed by atoms with Crippen molar-refractivity contribution < 1.29 is 13.9 Å². The van der Waals surface area contributed by atoms with Crippen molar-refractivity contribution in [3.63, 3.8) is 0 Å². The molecule has 1 aliphatic carbocycles. The maximum absolute atomic E-state index is 13.3. The summed E-state index contributed by atoms with van der Waals surface area (Å²) in [6, 6.07) is 14.2. The first-order chi connectivity index (χ1) is 12.7. The van der Waals surface area contributed by atoms with Gasteiger partial charge in [0, 0.05) is 36.4 Å². The standard InChI is InChI=1S/C20H22FN3O2/c21-15-4-1-3-14(11-15)18-13-19(18)23-20(25)22-16-5-2-6-17(12-16)24-7-9-26-10-8-24/h1-6,11-12,18-19H,7-10,13H2,(H2,22,23,25)/t18-,19-/m0/s1. The van der Waals surface area contributed by atoms with E-state index in [1.54, 1.807) is 6.07 Å². The van der Waals surface area contributed by atoms with Crippen molar-refractivity contribution in [3.05, 3.63) is 59.9 Å². The topological polar surface area (TPSA) is 53.6 Å². The number of amides is 2. The number of carbonyl (C=O) groups is 1. The highest BCUT2D eigenvalue weighted by atomic mass is 19.1. The normalized spacial score (nSPS) is 22.0. The highest BCUT2D eigenvalue weighted by molar-refractivity contribution is 5.90. The highest BCUT2D eigenvalue weighted by Crippen LogP contribution is 2.40. The first kappa shape index (κ1) is 16.8. The molecule has 0 spiro atoms. The van der Waals surface area contributed by atoms with E-state index in [0.717, 1.165) is 49.7 Å². The lowest BCUT2D eigenvalue weighted by Crippen LogP contribution is -2.36. The van der Waals surface area contributed by atoms with Crippen LogP contribution in [0.4, 0.5) is 20.6 Å². The minimum Gasteiger partial charge on any atom is -0.378 e. The van der Waals surface area contributed by atoms with Gasteiger partial charge in [0.05, 0.1) is 13.2 Å². The largest absolute Gasteiger partial charge is 0.378 e. The molecule has 2 aromatic rings. The summed E-state index contributed by atoms with van der Waals surface area (Å²) in [5, 5.41) is 5.86. The van der Waals surface area contributed by atoms with E-state index in [-0.39, 0.29) is 23.8 Å². The molecular weight excluding hydrogens is 333 g/mol. The fourth-order valence-electron chi connectivity index (χ4n) is 3.40. The monoisotopic (exact) mass is 355 g/mol. The number of nitrogens with one attached hydrogen (secondary N) is 2. The van der Waals surface area contributed by atoms with Crippen molar-refractivity contribution in [1.82, 2.24) is 5.32 Å². The highest BCUT2D eigenvalue weighted by Gasteiger charge is 2.39. The van der Waals surface area contributed by atoms with Gasteiger partial charge in [0.25, 0.3) is 0 Å². The third-order valence-corrected chi connectivity index (χ3v) is 4.86. The number of morpholine rings is 1. The smallest absolute Gasteiger partial charge is 0.319 e. The molecule has 1 saturated carbocycles. The molecule has 1 saturated heterocycles. The molecule has 5 nitrogen and oxygen atoms in total. The Kier molecular flexibility index (Phi) is 4.75. The second kappa shape index (κ2) is 7.33. The van der Waals surface area contributed by atoms with E-state index in [0.29, 0.717) is 0 Å². The Morgan fingerprint density at radius 2 is 1.92 bits per heavy atom. The Hall–Kier alpha value is -2.60. The van der Waals surface area contributed by atoms with E-state index in [2.05, 4.69) is 15.5 Å². The van der Waals surface area contributed by atoms with E-state index in [1.165, 1.54) is 12.1 Å². The van der Waals surface area contributed by atoms with Gasteiger partial charge in [0.15, 0.2) is 0 Å². The number of rotatable bonds is 4. The lowest BCUT2D eigenvalue weighted by molar-refractivity contribution is 0.122. The molecule has 0 aromatic heterocycles. The van der Waals surface area contributed by atoms with Crippen LogP contribution in [0.15, 0.2) is 48.5 Å². The van der Waals surface area contributed by atoms with Crippen LogP contribution in [0.3, 0.4) is 0 Å². The maximum Gasteiger partial charge on any atom is 0.319 e. The van der Waals surface area contributed by atoms with Gasteiger partial charge in [0.1, 0.15) is 5.82 Å². The molecule has 0 radical (unpaired) electrons. The van der Waals surface area contributed by atoms with Gasteiger partial charge in [-0.25, -0.2) is 9.18 Å². The van der Waals surface area contributed by atoms with E-state index >= 15 is 0 Å². The number of anilines is 2. The van der Waals surface area contributed by atoms with E-state index in [1.807, 2.05) is 30.3 Å². The number of hydrogen-bond donors (Lipinski definition) is 2. The number of ether oxygens (including phenoxy) is 1. The lowest BCUT2D eigenvalue weighted by atomic mass is 10.1. The molecule has 6 heteroatoms. The summed E-state index contributed by atoms with van der Waals surface area (Å²) in [5.41, 5.74) is 2.77. The average Bonchev–Trinajstić information content (AvgIpc) is 3.41. The Bertz CT molecular complexity index is 792. The van der Waals surface area contributed by atoms with Crippen LogP contribution in [0.5, 0.6) is 0 Å². The summed E-state index contributed by atoms with van der Waals surface area (Å²) >= 11 is 0. The van der Waals surface area contributed by atoms with Crippen LogP contribution in [-0.4, -0.2) is 38.4 Å². The maximum atomic E-state index is 13.3. The molecule has 2 atom stereocenters. The third-order valence-electron chi connectivity index (χ3n) is 4.86. The van der Waals surface area contributed by atoms with Crippen LogP contribution >= 0.6 is 0 Å². The first-order valence-corrected chi connectivity index (χ1v) is 8.95. The van der Waals surface area contributed by atoms with Gasteiger partial charge in [-0.15, -0.1) is 0 Å². The Balaban J connectivity index is 1.33. The minimum atomic E-state index is -0.238. The molecule has 1 aliphatic heterocycles. The van der Waals surface area contributed by atoms with E-state index < -0.39 is 0 Å². The van der Waals surface area contributed by atoms with Crippen LogP contribution < -0.4 is 15.5 Å². The van der Waals surface area contributed by atoms with Gasteiger partial charge in [-0.2, -0.15) is 0 Å². The molecule has 2 amide bonds. The summed E-state index contributed by atoms with van der Waals surface area (Å²) in [5.74, 6) is -0.0475. The molecule has 2 aromatic carbocycles. The molecule has 2 aliphatic rings. The second-order valence-electron chi connectivity index (χ2n) is 6.75. The van der Waals surface area contributed by atoms with E-state index in [4.69, 9.17) is 4.74 Å². The van der Waals surface area contributed by atoms with Gasteiger partial charge in [0.2, 0.25) is 0 Å². The van der Waals surface area contributed by atoms with Crippen LogP contribution in [0.1, 0.15) is 17.9 Å². The zero-order chi connectivity index (χ0) is 17.9. The summed E-state index contributed by atoms with van der Waals surface area (Å²) in [6.45, 7) is 3.16. The van der Waals surface area contributed by atoms with Crippen molar-refractivity contribution in [2.24, 2.45) is 0 Å². The first-order valence-electron chi connectivity index (χ1n) is 8.95. The van der Waals surface area contributed by atoms with Crippen LogP contribution in [0, 0.1) is 5.82 Å². The zero-order valence-electron chi connectivity index (χ0n) is 14.5. The molecule has 2 N–H and O–H groups in total. The van der Waals surface area contributed by atoms with Gasteiger partial charge >= 0.3 is 6.03 Å². The molecular formula is C20H22FN3O2. The van der Waals surface area contributed by atoms with Crippen molar-refractivity contribution in [2.45, 2.75) is 18.4 Å². The van der Waals surface area contributed by atoms with Crippen molar-refractivity contribution >= 4 is 17.4 Å². The fraction of sp³-hybridized carbons (Fsp3) is 0.350. The number of benzene rings is 2.